The summed E-state index contributed by atoms with van der Waals surface area (Å²) in [5.74, 6) is -0.0103. The highest BCUT2D eigenvalue weighted by Crippen LogP contribution is 2.29. The minimum Gasteiger partial charge on any atom is -0.493 e. The van der Waals surface area contributed by atoms with Crippen molar-refractivity contribution in [2.24, 2.45) is 0 Å². The summed E-state index contributed by atoms with van der Waals surface area (Å²) in [5.41, 5.74) is 3.10. The van der Waals surface area contributed by atoms with Gasteiger partial charge in [-0.2, -0.15) is 0 Å². The number of rotatable bonds is 8. The number of ether oxygens (including phenoxy) is 3. The molecule has 2 rings (SSSR count). The molecule has 2 aromatic rings. The second-order valence-corrected chi connectivity index (χ2v) is 5.91. The minimum absolute atomic E-state index is 0.276. The fourth-order valence-electron chi connectivity index (χ4n) is 2.47. The van der Waals surface area contributed by atoms with Crippen molar-refractivity contribution in [2.75, 3.05) is 14.2 Å². The Kier molecular flexibility index (Phi) is 7.62. The van der Waals surface area contributed by atoms with Gasteiger partial charge in [-0.1, -0.05) is 37.3 Å². The van der Waals surface area contributed by atoms with Crippen LogP contribution in [0, 0.1) is 0 Å². The van der Waals surface area contributed by atoms with Crippen LogP contribution in [-0.4, -0.2) is 26.2 Å². The van der Waals surface area contributed by atoms with Gasteiger partial charge < -0.3 is 14.2 Å². The lowest BCUT2D eigenvalue weighted by Gasteiger charge is -2.10. The molecule has 2 aromatic carbocycles. The van der Waals surface area contributed by atoms with E-state index in [4.69, 9.17) is 9.47 Å². The molecule has 0 atom stereocenters. The van der Waals surface area contributed by atoms with Crippen molar-refractivity contribution in [3.63, 3.8) is 0 Å². The van der Waals surface area contributed by atoms with Crippen LogP contribution in [-0.2, 0) is 27.2 Å². The van der Waals surface area contributed by atoms with Crippen LogP contribution in [0.4, 0.5) is 0 Å². The highest BCUT2D eigenvalue weighted by atomic mass is 16.6. The Bertz CT molecular complexity index is 806. The van der Waals surface area contributed by atoms with Gasteiger partial charge in [-0.05, 0) is 47.7 Å². The predicted molar refractivity (Wildman–Crippen MR) is 104 cm³/mol. The molecule has 0 heterocycles. The van der Waals surface area contributed by atoms with Gasteiger partial charge >= 0.3 is 11.9 Å². The number of hydrogen-bond acceptors (Lipinski definition) is 5. The molecule has 0 aliphatic carbocycles. The van der Waals surface area contributed by atoms with Crippen molar-refractivity contribution in [3.05, 3.63) is 65.2 Å². The third-order valence-electron chi connectivity index (χ3n) is 4.07. The van der Waals surface area contributed by atoms with E-state index in [9.17, 15) is 9.59 Å². The minimum atomic E-state index is -0.448. The van der Waals surface area contributed by atoms with Gasteiger partial charge in [0.25, 0.3) is 0 Å². The van der Waals surface area contributed by atoms with Crippen molar-refractivity contribution < 1.29 is 23.8 Å². The maximum atomic E-state index is 12.2. The Morgan fingerprint density at radius 3 is 2.30 bits per heavy atom. The monoisotopic (exact) mass is 368 g/mol. The van der Waals surface area contributed by atoms with E-state index in [2.05, 4.69) is 23.8 Å². The summed E-state index contributed by atoms with van der Waals surface area (Å²) in [5, 5.41) is 0. The van der Waals surface area contributed by atoms with E-state index in [-0.39, 0.29) is 12.4 Å². The first-order valence-corrected chi connectivity index (χ1v) is 8.78. The molecule has 0 bridgehead atoms. The van der Waals surface area contributed by atoms with E-state index >= 15 is 0 Å². The fourth-order valence-corrected chi connectivity index (χ4v) is 2.47. The topological polar surface area (TPSA) is 61.8 Å². The molecule has 0 aliphatic rings. The quantitative estimate of drug-likeness (QED) is 0.401. The van der Waals surface area contributed by atoms with Gasteiger partial charge in [0.05, 0.1) is 14.2 Å². The number of methoxy groups -OCH3 is 2. The molecular formula is C22H24O5. The zero-order valence-electron chi connectivity index (χ0n) is 15.9. The summed E-state index contributed by atoms with van der Waals surface area (Å²) in [7, 11) is 2.81. The molecule has 5 nitrogen and oxygen atoms in total. The van der Waals surface area contributed by atoms with Gasteiger partial charge in [0.15, 0.2) is 11.5 Å². The van der Waals surface area contributed by atoms with Gasteiger partial charge in [-0.15, -0.1) is 0 Å². The standard InChI is InChI=1S/C22H24O5/c1-4-16-5-7-17(8-6-16)10-14-22(24)27-19-12-9-18(15-20(19)25-2)11-13-21(23)26-3/h5-9,11-13,15H,4,10,14H2,1-3H3/b13-11-. The Hall–Kier alpha value is -3.08. The molecule has 0 spiro atoms. The van der Waals surface area contributed by atoms with Crippen molar-refractivity contribution in [1.82, 2.24) is 0 Å². The summed E-state index contributed by atoms with van der Waals surface area (Å²) in [6.45, 7) is 2.11. The molecule has 27 heavy (non-hydrogen) atoms. The first-order chi connectivity index (χ1) is 13.0. The third kappa shape index (κ3) is 6.29. The summed E-state index contributed by atoms with van der Waals surface area (Å²) in [6, 6.07) is 13.3. The normalized spacial score (nSPS) is 10.6. The number of benzene rings is 2. The van der Waals surface area contributed by atoms with Crippen molar-refractivity contribution in [2.45, 2.75) is 26.2 Å². The number of carbonyl (C=O) groups is 2. The Morgan fingerprint density at radius 2 is 1.67 bits per heavy atom. The maximum absolute atomic E-state index is 12.2. The molecule has 0 radical (unpaired) electrons. The van der Waals surface area contributed by atoms with Gasteiger partial charge in [0.2, 0.25) is 0 Å². The maximum Gasteiger partial charge on any atom is 0.330 e. The zero-order valence-corrected chi connectivity index (χ0v) is 15.9. The molecule has 0 N–H and O–H groups in total. The second-order valence-electron chi connectivity index (χ2n) is 5.91. The second kappa shape index (κ2) is 10.2. The van der Waals surface area contributed by atoms with Gasteiger partial charge in [-0.25, -0.2) is 4.79 Å². The molecule has 0 saturated heterocycles. The number of aryl methyl sites for hydroxylation is 2. The van der Waals surface area contributed by atoms with Gasteiger partial charge in [0.1, 0.15) is 0 Å². The number of carbonyl (C=O) groups excluding carboxylic acids is 2. The van der Waals surface area contributed by atoms with E-state index in [1.165, 1.54) is 25.9 Å². The molecule has 0 amide bonds. The average Bonchev–Trinajstić information content (AvgIpc) is 2.71. The average molecular weight is 368 g/mol. The van der Waals surface area contributed by atoms with E-state index < -0.39 is 5.97 Å². The van der Waals surface area contributed by atoms with E-state index in [0.717, 1.165) is 17.5 Å². The molecular weight excluding hydrogens is 344 g/mol. The molecule has 0 saturated carbocycles. The smallest absolute Gasteiger partial charge is 0.330 e. The van der Waals surface area contributed by atoms with Crippen LogP contribution in [0.3, 0.4) is 0 Å². The fraction of sp³-hybridized carbons (Fsp3) is 0.273. The lowest BCUT2D eigenvalue weighted by atomic mass is 10.1. The zero-order chi connectivity index (χ0) is 19.6. The van der Waals surface area contributed by atoms with E-state index in [1.807, 2.05) is 12.1 Å². The first kappa shape index (κ1) is 20.2. The molecule has 142 valence electrons. The SMILES string of the molecule is CCc1ccc(CCC(=O)Oc2ccc(/C=C\C(=O)OC)cc2OC)cc1. The van der Waals surface area contributed by atoms with Gasteiger partial charge in [0, 0.05) is 12.5 Å². The van der Waals surface area contributed by atoms with Crippen LogP contribution >= 0.6 is 0 Å². The summed E-state index contributed by atoms with van der Waals surface area (Å²) >= 11 is 0. The highest BCUT2D eigenvalue weighted by molar-refractivity contribution is 5.87. The number of hydrogen-bond donors (Lipinski definition) is 0. The Balaban J connectivity index is 1.97. The van der Waals surface area contributed by atoms with E-state index in [1.54, 1.807) is 24.3 Å². The van der Waals surface area contributed by atoms with Crippen LogP contribution in [0.5, 0.6) is 11.5 Å². The molecule has 0 unspecified atom stereocenters. The largest absolute Gasteiger partial charge is 0.493 e. The van der Waals surface area contributed by atoms with Gasteiger partial charge in [-0.3, -0.25) is 4.79 Å². The predicted octanol–water partition coefficient (Wildman–Crippen LogP) is 3.98. The van der Waals surface area contributed by atoms with Crippen molar-refractivity contribution in [3.8, 4) is 11.5 Å². The lowest BCUT2D eigenvalue weighted by Crippen LogP contribution is -2.10. The van der Waals surface area contributed by atoms with E-state index in [0.29, 0.717) is 17.9 Å². The van der Waals surface area contributed by atoms with Crippen molar-refractivity contribution >= 4 is 18.0 Å². The van der Waals surface area contributed by atoms with Crippen LogP contribution in [0.2, 0.25) is 0 Å². The lowest BCUT2D eigenvalue weighted by molar-refractivity contribution is -0.135. The summed E-state index contributed by atoms with van der Waals surface area (Å²) < 4.78 is 15.3. The van der Waals surface area contributed by atoms with Crippen molar-refractivity contribution in [1.29, 1.82) is 0 Å². The molecule has 0 aromatic heterocycles. The Labute approximate surface area is 159 Å². The van der Waals surface area contributed by atoms with Crippen LogP contribution in [0.25, 0.3) is 6.08 Å². The first-order valence-electron chi connectivity index (χ1n) is 8.78. The van der Waals surface area contributed by atoms with Crippen LogP contribution < -0.4 is 9.47 Å². The molecule has 0 fully saturated rings. The Morgan fingerprint density at radius 1 is 0.963 bits per heavy atom. The summed E-state index contributed by atoms with van der Waals surface area (Å²) in [4.78, 5) is 23.3. The van der Waals surface area contributed by atoms with Crippen LogP contribution in [0.15, 0.2) is 48.5 Å². The molecule has 5 heteroatoms. The molecule has 0 aliphatic heterocycles. The number of esters is 2. The van der Waals surface area contributed by atoms with Crippen LogP contribution in [0.1, 0.15) is 30.0 Å². The third-order valence-corrected chi connectivity index (χ3v) is 4.07. The highest BCUT2D eigenvalue weighted by Gasteiger charge is 2.11. The summed E-state index contributed by atoms with van der Waals surface area (Å²) in [6.07, 6.45) is 4.79.